The van der Waals surface area contributed by atoms with E-state index in [2.05, 4.69) is 119 Å². The van der Waals surface area contributed by atoms with Crippen LogP contribution in [0, 0.1) is 13.0 Å². The first kappa shape index (κ1) is 23.1. The number of para-hydroxylation sites is 1. The molecule has 6 rings (SSSR count). The summed E-state index contributed by atoms with van der Waals surface area (Å²) in [5.74, 6) is 0. The van der Waals surface area contributed by atoms with Crippen molar-refractivity contribution in [3.05, 3.63) is 132 Å². The quantitative estimate of drug-likeness (QED) is 0.142. The van der Waals surface area contributed by atoms with Gasteiger partial charge in [0.25, 0.3) is 11.2 Å². The summed E-state index contributed by atoms with van der Waals surface area (Å²) in [7, 11) is 0. The lowest BCUT2D eigenvalue weighted by molar-refractivity contribution is -0.417. The Morgan fingerprint density at radius 2 is 1.62 bits per heavy atom. The maximum atomic E-state index is 6.64. The highest BCUT2D eigenvalue weighted by Crippen LogP contribution is 2.44. The molecule has 1 aliphatic heterocycles. The van der Waals surface area contributed by atoms with Crippen molar-refractivity contribution in [2.45, 2.75) is 33.1 Å². The van der Waals surface area contributed by atoms with E-state index in [0.29, 0.717) is 0 Å². The number of nitrogens with zero attached hydrogens (tertiary/aromatic N) is 1. The minimum atomic E-state index is 0.0693. The van der Waals surface area contributed by atoms with Crippen LogP contribution in [0.4, 0.5) is 0 Å². The number of fused-ring (bicyclic) bond motifs is 3. The van der Waals surface area contributed by atoms with Gasteiger partial charge in [0.15, 0.2) is 6.04 Å². The van der Waals surface area contributed by atoms with Crippen molar-refractivity contribution >= 4 is 34.2 Å². The Balaban J connectivity index is 1.62. The third-order valence-corrected chi connectivity index (χ3v) is 7.29. The first-order chi connectivity index (χ1) is 17.8. The van der Waals surface area contributed by atoms with Crippen LogP contribution < -0.4 is 0 Å². The number of benzene rings is 4. The van der Waals surface area contributed by atoms with Gasteiger partial charge in [0.1, 0.15) is 6.20 Å². The molecule has 182 valence electrons. The van der Waals surface area contributed by atoms with Gasteiger partial charge in [0, 0.05) is 5.39 Å². The lowest BCUT2D eigenvalue weighted by Crippen LogP contribution is -2.16. The third-order valence-electron chi connectivity index (χ3n) is 7.29. The molecule has 0 atom stereocenters. The van der Waals surface area contributed by atoms with Crippen LogP contribution >= 0.6 is 0 Å². The number of allylic oxidation sites excluding steroid dienone is 2. The van der Waals surface area contributed by atoms with E-state index in [4.69, 9.17) is 4.42 Å². The summed E-state index contributed by atoms with van der Waals surface area (Å²) in [5.41, 5.74) is 10.2. The molecule has 0 N–H and O–H groups in total. The SMILES string of the molecule is C=[N+]1C=CC(c2ccccc2)=C[C-]1c1c(C)cc(-c2cccc(C(C)(C)C)c2)c2c1[o+][c-]1ccccc21. The molecule has 0 saturated heterocycles. The molecular weight excluding hydrogens is 450 g/mol. The normalized spacial score (nSPS) is 14.0. The van der Waals surface area contributed by atoms with Crippen molar-refractivity contribution < 1.29 is 8.99 Å². The highest BCUT2D eigenvalue weighted by Gasteiger charge is 2.29. The van der Waals surface area contributed by atoms with Crippen molar-refractivity contribution in [2.75, 3.05) is 0 Å². The second-order valence-electron chi connectivity index (χ2n) is 10.9. The minimum Gasteiger partial charge on any atom is -0.286 e. The Morgan fingerprint density at radius 1 is 0.865 bits per heavy atom. The highest BCUT2D eigenvalue weighted by atomic mass is 16.3. The summed E-state index contributed by atoms with van der Waals surface area (Å²) >= 11 is 0. The summed E-state index contributed by atoms with van der Waals surface area (Å²) in [6.07, 6.45) is 6.37. The second kappa shape index (κ2) is 8.67. The van der Waals surface area contributed by atoms with Gasteiger partial charge >= 0.3 is 0 Å². The van der Waals surface area contributed by atoms with E-state index in [9.17, 15) is 0 Å². The first-order valence-corrected chi connectivity index (χ1v) is 12.8. The zero-order chi connectivity index (χ0) is 25.7. The van der Waals surface area contributed by atoms with Crippen molar-refractivity contribution in [1.29, 1.82) is 0 Å². The second-order valence-corrected chi connectivity index (χ2v) is 10.9. The van der Waals surface area contributed by atoms with Gasteiger partial charge in [-0.15, -0.1) is 18.2 Å². The first-order valence-electron chi connectivity index (χ1n) is 12.8. The van der Waals surface area contributed by atoms with Gasteiger partial charge in [-0.25, -0.2) is 0 Å². The Hall–Kier alpha value is -4.30. The van der Waals surface area contributed by atoms with Crippen LogP contribution in [0.25, 0.3) is 38.6 Å². The molecular formula is C35H31NO. The maximum absolute atomic E-state index is 6.64. The van der Waals surface area contributed by atoms with E-state index in [1.807, 2.05) is 22.9 Å². The van der Waals surface area contributed by atoms with Crippen LogP contribution in [0.15, 0.2) is 108 Å². The summed E-state index contributed by atoms with van der Waals surface area (Å²) in [4.78, 5) is 0. The van der Waals surface area contributed by atoms with Crippen molar-refractivity contribution in [2.24, 2.45) is 0 Å². The monoisotopic (exact) mass is 481 g/mol. The van der Waals surface area contributed by atoms with Crippen LogP contribution in [-0.2, 0) is 5.41 Å². The summed E-state index contributed by atoms with van der Waals surface area (Å²) in [5, 5.41) is 2.28. The summed E-state index contributed by atoms with van der Waals surface area (Å²) in [6.45, 7) is 13.3. The lowest BCUT2D eigenvalue weighted by Gasteiger charge is -2.23. The summed E-state index contributed by atoms with van der Waals surface area (Å²) in [6, 6.07) is 31.1. The predicted octanol–water partition coefficient (Wildman–Crippen LogP) is 9.06. The van der Waals surface area contributed by atoms with Gasteiger partial charge in [-0.2, -0.15) is 0 Å². The Bertz CT molecular complexity index is 1720. The maximum Gasteiger partial charge on any atom is 0.278 e. The topological polar surface area (TPSA) is 14.3 Å². The lowest BCUT2D eigenvalue weighted by atomic mass is 9.84. The standard InChI is InChI=1S/C35H31NO/c1-23-20-29(26-14-11-15-27(21-26)35(2,3)4)33-28-16-9-10-17-31(28)37-34(33)32(23)30-22-25(18-19-36(30)5)24-12-7-6-8-13-24/h6-22H,5H2,1-4H3. The number of furan rings is 1. The molecule has 0 aliphatic carbocycles. The molecule has 0 amide bonds. The number of rotatable bonds is 3. The average molecular weight is 482 g/mol. The van der Waals surface area contributed by atoms with E-state index in [1.54, 1.807) is 0 Å². The number of hydrogen-bond donors (Lipinski definition) is 0. The third kappa shape index (κ3) is 3.99. The highest BCUT2D eigenvalue weighted by molar-refractivity contribution is 6.14. The van der Waals surface area contributed by atoms with Gasteiger partial charge < -0.3 is 0 Å². The van der Waals surface area contributed by atoms with E-state index in [-0.39, 0.29) is 5.41 Å². The zero-order valence-electron chi connectivity index (χ0n) is 21.9. The van der Waals surface area contributed by atoms with Gasteiger partial charge in [-0.05, 0) is 51.3 Å². The zero-order valence-corrected chi connectivity index (χ0v) is 21.9. The van der Waals surface area contributed by atoms with Crippen LogP contribution in [0.5, 0.6) is 0 Å². The van der Waals surface area contributed by atoms with Gasteiger partial charge in [-0.3, -0.25) is 8.99 Å². The largest absolute Gasteiger partial charge is 0.286 e. The number of aryl methyl sites for hydroxylation is 1. The fourth-order valence-electron chi connectivity index (χ4n) is 5.28. The number of hydrogen-bond acceptors (Lipinski definition) is 0. The molecule has 2 nitrogen and oxygen atoms in total. The predicted molar refractivity (Wildman–Crippen MR) is 156 cm³/mol. The van der Waals surface area contributed by atoms with E-state index in [1.165, 1.54) is 22.3 Å². The fraction of sp³-hybridized carbons (Fsp3) is 0.143. The minimum absolute atomic E-state index is 0.0693. The molecule has 0 unspecified atom stereocenters. The molecule has 0 saturated carbocycles. The molecule has 0 bridgehead atoms. The van der Waals surface area contributed by atoms with Crippen LogP contribution in [-0.4, -0.2) is 11.3 Å². The van der Waals surface area contributed by atoms with Gasteiger partial charge in [-0.1, -0.05) is 99.5 Å². The smallest absolute Gasteiger partial charge is 0.278 e. The van der Waals surface area contributed by atoms with Crippen LogP contribution in [0.2, 0.25) is 0 Å². The van der Waals surface area contributed by atoms with Crippen molar-refractivity contribution in [1.82, 2.24) is 0 Å². The molecule has 2 heteroatoms. The van der Waals surface area contributed by atoms with Crippen LogP contribution in [0.3, 0.4) is 0 Å². The molecule has 37 heavy (non-hydrogen) atoms. The van der Waals surface area contributed by atoms with Crippen molar-refractivity contribution in [3.8, 4) is 11.1 Å². The molecule has 1 aromatic heterocycles. The Labute approximate surface area is 218 Å². The van der Waals surface area contributed by atoms with Gasteiger partial charge in [0.2, 0.25) is 0 Å². The van der Waals surface area contributed by atoms with E-state index >= 15 is 0 Å². The molecule has 2 heterocycles. The van der Waals surface area contributed by atoms with E-state index in [0.717, 1.165) is 44.7 Å². The molecule has 4 aromatic carbocycles. The Morgan fingerprint density at radius 3 is 2.41 bits per heavy atom. The Kier molecular flexibility index (Phi) is 5.42. The fourth-order valence-corrected chi connectivity index (χ4v) is 5.28. The molecule has 0 radical (unpaired) electrons. The van der Waals surface area contributed by atoms with Crippen molar-refractivity contribution in [3.63, 3.8) is 0 Å². The average Bonchev–Trinajstić information content (AvgIpc) is 3.28. The van der Waals surface area contributed by atoms with E-state index < -0.39 is 0 Å². The molecule has 0 spiro atoms. The van der Waals surface area contributed by atoms with Crippen LogP contribution in [0.1, 0.15) is 43.0 Å². The van der Waals surface area contributed by atoms with Gasteiger partial charge in [0.05, 0.1) is 12.3 Å². The molecule has 5 aromatic rings. The molecule has 1 aliphatic rings. The summed E-state index contributed by atoms with van der Waals surface area (Å²) < 4.78 is 8.58. The molecule has 0 fully saturated rings.